The van der Waals surface area contributed by atoms with E-state index in [1.54, 1.807) is 6.92 Å². The summed E-state index contributed by atoms with van der Waals surface area (Å²) in [6.07, 6.45) is -4.31. The molecule has 17 heavy (non-hydrogen) atoms. The maximum atomic E-state index is 12.7. The van der Waals surface area contributed by atoms with Gasteiger partial charge in [0.1, 0.15) is 0 Å². The molecular weight excluding hydrogens is 253 g/mol. The molecular formula is C11H13F3O2S. The number of hydrogen-bond donors (Lipinski definition) is 0. The molecule has 0 aliphatic rings. The number of benzene rings is 1. The summed E-state index contributed by atoms with van der Waals surface area (Å²) in [6, 6.07) is 3.18. The third-order valence-corrected chi connectivity index (χ3v) is 4.24. The van der Waals surface area contributed by atoms with Crippen molar-refractivity contribution in [3.63, 3.8) is 0 Å². The Kier molecular flexibility index (Phi) is 3.86. The van der Waals surface area contributed by atoms with Crippen molar-refractivity contribution >= 4 is 9.84 Å². The zero-order valence-corrected chi connectivity index (χ0v) is 10.3. The van der Waals surface area contributed by atoms with E-state index in [-0.39, 0.29) is 22.6 Å². The van der Waals surface area contributed by atoms with E-state index in [1.807, 2.05) is 0 Å². The molecule has 0 unspecified atom stereocenters. The first-order chi connectivity index (χ1) is 7.72. The molecule has 2 nitrogen and oxygen atoms in total. The predicted octanol–water partition coefficient (Wildman–Crippen LogP) is 3.06. The highest BCUT2D eigenvalue weighted by molar-refractivity contribution is 7.91. The highest BCUT2D eigenvalue weighted by Gasteiger charge is 2.34. The fourth-order valence-electron chi connectivity index (χ4n) is 1.49. The Bertz CT molecular complexity index is 504. The molecule has 96 valence electrons. The van der Waals surface area contributed by atoms with Gasteiger partial charge in [0, 0.05) is 0 Å². The second-order valence-corrected chi connectivity index (χ2v) is 5.85. The van der Waals surface area contributed by atoms with Crippen molar-refractivity contribution in [2.24, 2.45) is 0 Å². The average Bonchev–Trinajstić information content (AvgIpc) is 2.27. The van der Waals surface area contributed by atoms with E-state index in [0.717, 1.165) is 6.07 Å². The van der Waals surface area contributed by atoms with Crippen LogP contribution in [0.15, 0.2) is 23.1 Å². The highest BCUT2D eigenvalue weighted by atomic mass is 32.2. The fraction of sp³-hybridized carbons (Fsp3) is 0.455. The lowest BCUT2D eigenvalue weighted by molar-refractivity contribution is -0.138. The van der Waals surface area contributed by atoms with E-state index < -0.39 is 21.6 Å². The number of alkyl halides is 3. The molecule has 0 bridgehead atoms. The van der Waals surface area contributed by atoms with E-state index in [1.165, 1.54) is 19.1 Å². The molecule has 0 fully saturated rings. The van der Waals surface area contributed by atoms with E-state index in [4.69, 9.17) is 0 Å². The second-order valence-electron chi connectivity index (χ2n) is 3.57. The number of sulfone groups is 1. The zero-order valence-electron chi connectivity index (χ0n) is 9.50. The van der Waals surface area contributed by atoms with Gasteiger partial charge in [-0.05, 0) is 24.1 Å². The number of aryl methyl sites for hydroxylation is 1. The van der Waals surface area contributed by atoms with Crippen LogP contribution in [-0.4, -0.2) is 14.2 Å². The van der Waals surface area contributed by atoms with Gasteiger partial charge in [-0.1, -0.05) is 19.9 Å². The van der Waals surface area contributed by atoms with Crippen molar-refractivity contribution in [1.82, 2.24) is 0 Å². The maximum Gasteiger partial charge on any atom is 0.416 e. The Balaban J connectivity index is 3.44. The van der Waals surface area contributed by atoms with Crippen LogP contribution < -0.4 is 0 Å². The van der Waals surface area contributed by atoms with Crippen molar-refractivity contribution in [2.75, 3.05) is 5.75 Å². The summed E-state index contributed by atoms with van der Waals surface area (Å²) in [4.78, 5) is -0.274. The van der Waals surface area contributed by atoms with Gasteiger partial charge < -0.3 is 0 Å². The van der Waals surface area contributed by atoms with E-state index in [2.05, 4.69) is 0 Å². The molecule has 1 aromatic rings. The third kappa shape index (κ3) is 3.00. The summed E-state index contributed by atoms with van der Waals surface area (Å²) in [7, 11) is -3.61. The van der Waals surface area contributed by atoms with Gasteiger partial charge in [-0.15, -0.1) is 0 Å². The average molecular weight is 266 g/mol. The normalized spacial score (nSPS) is 12.8. The molecule has 0 N–H and O–H groups in total. The summed E-state index contributed by atoms with van der Waals surface area (Å²) in [5, 5.41) is 0. The number of halogens is 3. The van der Waals surface area contributed by atoms with E-state index >= 15 is 0 Å². The van der Waals surface area contributed by atoms with Gasteiger partial charge in [-0.25, -0.2) is 8.42 Å². The van der Waals surface area contributed by atoms with Gasteiger partial charge >= 0.3 is 6.18 Å². The Labute approximate surface area is 98.4 Å². The van der Waals surface area contributed by atoms with Gasteiger partial charge in [0.25, 0.3) is 0 Å². The SMILES string of the molecule is CCc1ccc(S(=O)(=O)CC)cc1C(F)(F)F. The quantitative estimate of drug-likeness (QED) is 0.842. The largest absolute Gasteiger partial charge is 0.416 e. The van der Waals surface area contributed by atoms with Crippen LogP contribution in [0.1, 0.15) is 25.0 Å². The molecule has 0 heterocycles. The standard InChI is InChI=1S/C11H13F3O2S/c1-3-8-5-6-9(17(15,16)4-2)7-10(8)11(12,13)14/h5-7H,3-4H2,1-2H3. The number of hydrogen-bond acceptors (Lipinski definition) is 2. The molecule has 0 amide bonds. The Morgan fingerprint density at radius 2 is 1.76 bits per heavy atom. The molecule has 0 atom stereocenters. The van der Waals surface area contributed by atoms with Crippen LogP contribution in [0.2, 0.25) is 0 Å². The molecule has 0 radical (unpaired) electrons. The lowest BCUT2D eigenvalue weighted by Crippen LogP contribution is -2.12. The number of rotatable bonds is 3. The van der Waals surface area contributed by atoms with Gasteiger partial charge in [0.2, 0.25) is 0 Å². The van der Waals surface area contributed by atoms with Gasteiger partial charge in [-0.3, -0.25) is 0 Å². The molecule has 1 aromatic carbocycles. The summed E-state index contributed by atoms with van der Waals surface area (Å²) in [5.41, 5.74) is -0.762. The van der Waals surface area contributed by atoms with Crippen LogP contribution >= 0.6 is 0 Å². The molecule has 0 spiro atoms. The van der Waals surface area contributed by atoms with Crippen molar-refractivity contribution in [3.8, 4) is 0 Å². The van der Waals surface area contributed by atoms with Crippen LogP contribution in [0.25, 0.3) is 0 Å². The minimum atomic E-state index is -4.52. The Morgan fingerprint density at radius 1 is 1.18 bits per heavy atom. The fourth-order valence-corrected chi connectivity index (χ4v) is 2.39. The van der Waals surface area contributed by atoms with E-state index in [9.17, 15) is 21.6 Å². The molecule has 0 aromatic heterocycles. The van der Waals surface area contributed by atoms with Crippen molar-refractivity contribution in [2.45, 2.75) is 31.3 Å². The molecule has 0 saturated heterocycles. The second kappa shape index (κ2) is 4.68. The summed E-state index contributed by atoms with van der Waals surface area (Å²) >= 11 is 0. The topological polar surface area (TPSA) is 34.1 Å². The lowest BCUT2D eigenvalue weighted by Gasteiger charge is -2.13. The third-order valence-electron chi connectivity index (χ3n) is 2.51. The van der Waals surface area contributed by atoms with Crippen LogP contribution in [0.5, 0.6) is 0 Å². The van der Waals surface area contributed by atoms with Crippen LogP contribution in [0.4, 0.5) is 13.2 Å². The molecule has 1 rings (SSSR count). The van der Waals surface area contributed by atoms with Crippen molar-refractivity contribution in [3.05, 3.63) is 29.3 Å². The predicted molar refractivity (Wildman–Crippen MR) is 58.5 cm³/mol. The lowest BCUT2D eigenvalue weighted by atomic mass is 10.1. The van der Waals surface area contributed by atoms with E-state index in [0.29, 0.717) is 0 Å². The summed E-state index contributed by atoms with van der Waals surface area (Å²) in [5.74, 6) is -0.213. The van der Waals surface area contributed by atoms with Crippen LogP contribution in [-0.2, 0) is 22.4 Å². The Morgan fingerprint density at radius 3 is 2.18 bits per heavy atom. The van der Waals surface area contributed by atoms with Crippen molar-refractivity contribution in [1.29, 1.82) is 0 Å². The highest BCUT2D eigenvalue weighted by Crippen LogP contribution is 2.33. The minimum absolute atomic E-state index is 0.104. The summed E-state index contributed by atoms with van der Waals surface area (Å²) in [6.45, 7) is 2.99. The maximum absolute atomic E-state index is 12.7. The minimum Gasteiger partial charge on any atom is -0.224 e. The zero-order chi connectivity index (χ0) is 13.3. The first-order valence-corrected chi connectivity index (χ1v) is 6.80. The van der Waals surface area contributed by atoms with Crippen LogP contribution in [0.3, 0.4) is 0 Å². The molecule has 0 aliphatic carbocycles. The smallest absolute Gasteiger partial charge is 0.224 e. The van der Waals surface area contributed by atoms with Gasteiger partial charge in [0.15, 0.2) is 9.84 Å². The molecule has 0 saturated carbocycles. The molecule has 0 aliphatic heterocycles. The Hall–Kier alpha value is -1.04. The summed E-state index contributed by atoms with van der Waals surface area (Å²) < 4.78 is 61.2. The molecule has 6 heteroatoms. The van der Waals surface area contributed by atoms with Gasteiger partial charge in [-0.2, -0.15) is 13.2 Å². The van der Waals surface area contributed by atoms with Gasteiger partial charge in [0.05, 0.1) is 16.2 Å². The van der Waals surface area contributed by atoms with Crippen molar-refractivity contribution < 1.29 is 21.6 Å². The van der Waals surface area contributed by atoms with Crippen LogP contribution in [0, 0.1) is 0 Å². The monoisotopic (exact) mass is 266 g/mol. The first kappa shape index (κ1) is 14.0. The first-order valence-electron chi connectivity index (χ1n) is 5.15.